The summed E-state index contributed by atoms with van der Waals surface area (Å²) in [6, 6.07) is 20.8. The molecule has 0 heterocycles. The fourth-order valence-electron chi connectivity index (χ4n) is 2.93. The van der Waals surface area contributed by atoms with Crippen LogP contribution in [0, 0.1) is 0 Å². The van der Waals surface area contributed by atoms with Crippen molar-refractivity contribution in [2.45, 2.75) is 25.2 Å². The van der Waals surface area contributed by atoms with Gasteiger partial charge in [-0.15, -0.1) is 0 Å². The maximum atomic E-state index is 12.0. The second-order valence-corrected chi connectivity index (χ2v) is 5.29. The number of rotatable bonds is 2. The number of benzene rings is 2. The van der Waals surface area contributed by atoms with E-state index in [1.165, 1.54) is 11.1 Å². The Balaban J connectivity index is 2.06. The van der Waals surface area contributed by atoms with E-state index >= 15 is 0 Å². The number of carbonyl (C=O) groups excluding carboxylic acids is 1. The molecule has 0 aromatic heterocycles. The van der Waals surface area contributed by atoms with Crippen LogP contribution in [0.2, 0.25) is 0 Å². The number of hydrogen-bond donors (Lipinski definition) is 0. The van der Waals surface area contributed by atoms with Crippen LogP contribution in [0.4, 0.5) is 0 Å². The summed E-state index contributed by atoms with van der Waals surface area (Å²) < 4.78 is 0. The lowest BCUT2D eigenvalue weighted by Crippen LogP contribution is -2.01. The van der Waals surface area contributed by atoms with Crippen molar-refractivity contribution < 1.29 is 4.79 Å². The lowest BCUT2D eigenvalue weighted by atomic mass is 9.84. The number of allylic oxidation sites excluding steroid dienone is 2. The molecular weight excluding hydrogens is 244 g/mol. The highest BCUT2D eigenvalue weighted by atomic mass is 16.1. The highest BCUT2D eigenvalue weighted by molar-refractivity contribution is 5.98. The van der Waals surface area contributed by atoms with E-state index in [9.17, 15) is 4.79 Å². The van der Waals surface area contributed by atoms with Crippen molar-refractivity contribution in [3.05, 3.63) is 77.9 Å². The Hall–Kier alpha value is -2.15. The fraction of sp³-hybridized carbons (Fsp3) is 0.211. The van der Waals surface area contributed by atoms with Crippen molar-refractivity contribution in [3.8, 4) is 0 Å². The Kier molecular flexibility index (Phi) is 3.78. The molecule has 1 unspecified atom stereocenters. The van der Waals surface area contributed by atoms with Gasteiger partial charge in [0.15, 0.2) is 5.78 Å². The zero-order chi connectivity index (χ0) is 13.8. The zero-order valence-corrected chi connectivity index (χ0v) is 11.5. The Morgan fingerprint density at radius 2 is 1.50 bits per heavy atom. The summed E-state index contributed by atoms with van der Waals surface area (Å²) in [5, 5.41) is 0. The molecule has 0 spiro atoms. The monoisotopic (exact) mass is 262 g/mol. The molecule has 1 nitrogen and oxygen atoms in total. The van der Waals surface area contributed by atoms with E-state index in [0.29, 0.717) is 12.3 Å². The first-order valence-corrected chi connectivity index (χ1v) is 7.19. The Morgan fingerprint density at radius 3 is 2.20 bits per heavy atom. The molecule has 0 aliphatic heterocycles. The van der Waals surface area contributed by atoms with Crippen molar-refractivity contribution in [2.75, 3.05) is 0 Å². The average Bonchev–Trinajstić information content (AvgIpc) is 2.71. The summed E-state index contributed by atoms with van der Waals surface area (Å²) >= 11 is 0. The van der Waals surface area contributed by atoms with E-state index < -0.39 is 0 Å². The van der Waals surface area contributed by atoms with Crippen LogP contribution >= 0.6 is 0 Å². The van der Waals surface area contributed by atoms with Crippen molar-refractivity contribution in [1.29, 1.82) is 0 Å². The maximum absolute atomic E-state index is 12.0. The third kappa shape index (κ3) is 2.72. The second kappa shape index (κ2) is 5.87. The average molecular weight is 262 g/mol. The van der Waals surface area contributed by atoms with E-state index in [0.717, 1.165) is 18.4 Å². The van der Waals surface area contributed by atoms with Gasteiger partial charge in [-0.2, -0.15) is 0 Å². The van der Waals surface area contributed by atoms with Crippen LogP contribution in [-0.4, -0.2) is 5.78 Å². The molecule has 0 amide bonds. The lowest BCUT2D eigenvalue weighted by molar-refractivity contribution is -0.114. The van der Waals surface area contributed by atoms with E-state index in [1.807, 2.05) is 30.3 Å². The number of ketones is 1. The standard InChI is InChI=1S/C19H18O/c20-17-12-7-13-18(15-8-3-1-4-9-15)19(14-17)16-10-5-2-6-11-16/h1-6,8-11,14,18H,7,12-13H2. The Morgan fingerprint density at radius 1 is 0.850 bits per heavy atom. The van der Waals surface area contributed by atoms with Gasteiger partial charge < -0.3 is 0 Å². The molecule has 0 fully saturated rings. The maximum Gasteiger partial charge on any atom is 0.156 e. The van der Waals surface area contributed by atoms with Gasteiger partial charge in [-0.25, -0.2) is 0 Å². The van der Waals surface area contributed by atoms with Crippen LogP contribution in [0.15, 0.2) is 66.7 Å². The van der Waals surface area contributed by atoms with Crippen LogP contribution in [0.1, 0.15) is 36.3 Å². The summed E-state index contributed by atoms with van der Waals surface area (Å²) in [6.07, 6.45) is 4.53. The first-order valence-electron chi connectivity index (χ1n) is 7.19. The summed E-state index contributed by atoms with van der Waals surface area (Å²) in [5.74, 6) is 0.576. The molecular formula is C19H18O. The van der Waals surface area contributed by atoms with Gasteiger partial charge in [0.05, 0.1) is 0 Å². The molecule has 2 aromatic carbocycles. The molecule has 1 aliphatic rings. The van der Waals surface area contributed by atoms with Crippen LogP contribution in [0.3, 0.4) is 0 Å². The molecule has 0 radical (unpaired) electrons. The highest BCUT2D eigenvalue weighted by Crippen LogP contribution is 2.38. The predicted octanol–water partition coefficient (Wildman–Crippen LogP) is 4.61. The van der Waals surface area contributed by atoms with Gasteiger partial charge in [-0.1, -0.05) is 60.7 Å². The Labute approximate surface area is 120 Å². The van der Waals surface area contributed by atoms with Crippen LogP contribution in [0.5, 0.6) is 0 Å². The molecule has 20 heavy (non-hydrogen) atoms. The first kappa shape index (κ1) is 12.9. The Bertz CT molecular complexity index is 611. The molecule has 0 bridgehead atoms. The fourth-order valence-corrected chi connectivity index (χ4v) is 2.93. The molecule has 2 aromatic rings. The normalized spacial score (nSPS) is 19.3. The van der Waals surface area contributed by atoms with Gasteiger partial charge in [-0.05, 0) is 35.6 Å². The number of hydrogen-bond acceptors (Lipinski definition) is 1. The van der Waals surface area contributed by atoms with Crippen molar-refractivity contribution >= 4 is 11.4 Å². The zero-order valence-electron chi connectivity index (χ0n) is 11.5. The smallest absolute Gasteiger partial charge is 0.156 e. The second-order valence-electron chi connectivity index (χ2n) is 5.29. The van der Waals surface area contributed by atoms with Crippen molar-refractivity contribution in [2.24, 2.45) is 0 Å². The topological polar surface area (TPSA) is 17.1 Å². The van der Waals surface area contributed by atoms with Crippen molar-refractivity contribution in [1.82, 2.24) is 0 Å². The summed E-state index contributed by atoms with van der Waals surface area (Å²) in [4.78, 5) is 12.0. The molecule has 3 rings (SSSR count). The van der Waals surface area contributed by atoms with Gasteiger partial charge in [0.2, 0.25) is 0 Å². The molecule has 0 N–H and O–H groups in total. The molecule has 0 saturated heterocycles. The largest absolute Gasteiger partial charge is 0.295 e. The minimum atomic E-state index is 0.252. The molecule has 1 heteroatoms. The summed E-state index contributed by atoms with van der Waals surface area (Å²) in [5.41, 5.74) is 3.63. The van der Waals surface area contributed by atoms with E-state index in [4.69, 9.17) is 0 Å². The van der Waals surface area contributed by atoms with Gasteiger partial charge in [-0.3, -0.25) is 4.79 Å². The lowest BCUT2D eigenvalue weighted by Gasteiger charge is -2.19. The van der Waals surface area contributed by atoms with E-state index in [-0.39, 0.29) is 5.78 Å². The molecule has 100 valence electrons. The van der Waals surface area contributed by atoms with Crippen LogP contribution in [0.25, 0.3) is 5.57 Å². The van der Waals surface area contributed by atoms with Gasteiger partial charge in [0, 0.05) is 12.3 Å². The number of carbonyl (C=O) groups is 1. The third-order valence-electron chi connectivity index (χ3n) is 3.92. The summed E-state index contributed by atoms with van der Waals surface area (Å²) in [6.45, 7) is 0. The highest BCUT2D eigenvalue weighted by Gasteiger charge is 2.22. The van der Waals surface area contributed by atoms with Gasteiger partial charge >= 0.3 is 0 Å². The van der Waals surface area contributed by atoms with Crippen LogP contribution < -0.4 is 0 Å². The predicted molar refractivity (Wildman–Crippen MR) is 82.5 cm³/mol. The van der Waals surface area contributed by atoms with Gasteiger partial charge in [0.25, 0.3) is 0 Å². The van der Waals surface area contributed by atoms with Crippen LogP contribution in [-0.2, 0) is 4.79 Å². The summed E-state index contributed by atoms with van der Waals surface area (Å²) in [7, 11) is 0. The molecule has 1 aliphatic carbocycles. The minimum absolute atomic E-state index is 0.252. The molecule has 1 atom stereocenters. The van der Waals surface area contributed by atoms with Crippen molar-refractivity contribution in [3.63, 3.8) is 0 Å². The SMILES string of the molecule is O=C1C=C(c2ccccc2)C(c2ccccc2)CCC1. The van der Waals surface area contributed by atoms with E-state index in [2.05, 4.69) is 36.4 Å². The molecule has 0 saturated carbocycles. The van der Waals surface area contributed by atoms with E-state index in [1.54, 1.807) is 0 Å². The third-order valence-corrected chi connectivity index (χ3v) is 3.92. The first-order chi connectivity index (χ1) is 9.84. The van der Waals surface area contributed by atoms with Gasteiger partial charge in [0.1, 0.15) is 0 Å². The quantitative estimate of drug-likeness (QED) is 0.772. The minimum Gasteiger partial charge on any atom is -0.295 e.